The molecular formula is C13H12F3N3O2. The minimum Gasteiger partial charge on any atom is -0.462 e. The van der Waals surface area contributed by atoms with Gasteiger partial charge in [-0.05, 0) is 19.1 Å². The molecule has 8 heteroatoms. The molecule has 0 bridgehead atoms. The van der Waals surface area contributed by atoms with Gasteiger partial charge in [0.25, 0.3) is 0 Å². The number of aryl methyl sites for hydroxylation is 1. The van der Waals surface area contributed by atoms with Crippen LogP contribution in [-0.2, 0) is 18.0 Å². The largest absolute Gasteiger partial charge is 0.462 e. The van der Waals surface area contributed by atoms with E-state index < -0.39 is 17.8 Å². The van der Waals surface area contributed by atoms with E-state index in [1.165, 1.54) is 23.0 Å². The summed E-state index contributed by atoms with van der Waals surface area (Å²) in [6, 6.07) is 3.44. The van der Waals surface area contributed by atoms with Crippen LogP contribution in [0.5, 0.6) is 0 Å². The molecule has 2 aromatic rings. The summed E-state index contributed by atoms with van der Waals surface area (Å²) in [6.45, 7) is 1.79. The zero-order chi connectivity index (χ0) is 15.6. The summed E-state index contributed by atoms with van der Waals surface area (Å²) < 4.78 is 44.2. The molecule has 5 nitrogen and oxygen atoms in total. The normalized spacial score (nSPS) is 11.5. The van der Waals surface area contributed by atoms with Crippen molar-refractivity contribution >= 4 is 5.97 Å². The van der Waals surface area contributed by atoms with Gasteiger partial charge in [-0.25, -0.2) is 9.78 Å². The highest BCUT2D eigenvalue weighted by atomic mass is 19.4. The van der Waals surface area contributed by atoms with Crippen LogP contribution in [0.15, 0.2) is 24.4 Å². The van der Waals surface area contributed by atoms with Crippen molar-refractivity contribution in [1.82, 2.24) is 14.8 Å². The van der Waals surface area contributed by atoms with Crippen molar-refractivity contribution in [2.45, 2.75) is 13.1 Å². The van der Waals surface area contributed by atoms with Crippen LogP contribution in [0, 0.1) is 0 Å². The number of aromatic nitrogens is 3. The predicted molar refractivity (Wildman–Crippen MR) is 67.4 cm³/mol. The van der Waals surface area contributed by atoms with Crippen LogP contribution in [0.2, 0.25) is 0 Å². The Morgan fingerprint density at radius 2 is 2.10 bits per heavy atom. The maximum atomic E-state index is 12.7. The zero-order valence-electron chi connectivity index (χ0n) is 11.3. The Morgan fingerprint density at radius 1 is 1.38 bits per heavy atom. The highest BCUT2D eigenvalue weighted by Gasteiger charge is 2.33. The van der Waals surface area contributed by atoms with Crippen molar-refractivity contribution in [2.75, 3.05) is 6.61 Å². The molecule has 0 N–H and O–H groups in total. The number of carbonyl (C=O) groups excluding carboxylic acids is 1. The first-order valence-electron chi connectivity index (χ1n) is 6.08. The van der Waals surface area contributed by atoms with Crippen LogP contribution in [0.3, 0.4) is 0 Å². The number of hydrogen-bond acceptors (Lipinski definition) is 4. The molecule has 0 unspecified atom stereocenters. The summed E-state index contributed by atoms with van der Waals surface area (Å²) in [5, 5.41) is 3.99. The molecule has 0 aliphatic heterocycles. The number of alkyl halides is 3. The van der Waals surface area contributed by atoms with Crippen molar-refractivity contribution in [3.05, 3.63) is 35.7 Å². The smallest absolute Gasteiger partial charge is 0.433 e. The van der Waals surface area contributed by atoms with Crippen LogP contribution in [-0.4, -0.2) is 27.3 Å². The van der Waals surface area contributed by atoms with Crippen LogP contribution in [0.4, 0.5) is 13.2 Å². The van der Waals surface area contributed by atoms with Gasteiger partial charge in [0.2, 0.25) is 0 Å². The van der Waals surface area contributed by atoms with Gasteiger partial charge in [0.05, 0.1) is 12.3 Å². The first kappa shape index (κ1) is 15.0. The Balaban J connectivity index is 2.50. The number of halogens is 3. The van der Waals surface area contributed by atoms with Gasteiger partial charge in [-0.15, -0.1) is 0 Å². The molecule has 0 amide bonds. The summed E-state index contributed by atoms with van der Waals surface area (Å²) in [5.74, 6) is -0.653. The van der Waals surface area contributed by atoms with E-state index in [4.69, 9.17) is 4.74 Å². The molecule has 2 aromatic heterocycles. The van der Waals surface area contributed by atoms with Gasteiger partial charge >= 0.3 is 12.1 Å². The number of ether oxygens (including phenoxy) is 1. The zero-order valence-corrected chi connectivity index (χ0v) is 11.3. The second-order valence-electron chi connectivity index (χ2n) is 4.19. The number of rotatable bonds is 3. The first-order valence-corrected chi connectivity index (χ1v) is 6.08. The summed E-state index contributed by atoms with van der Waals surface area (Å²) in [4.78, 5) is 15.3. The lowest BCUT2D eigenvalue weighted by molar-refractivity contribution is -0.141. The van der Waals surface area contributed by atoms with Crippen LogP contribution >= 0.6 is 0 Å². The molecule has 2 rings (SSSR count). The van der Waals surface area contributed by atoms with E-state index in [0.717, 1.165) is 6.07 Å². The third-order valence-electron chi connectivity index (χ3n) is 2.61. The van der Waals surface area contributed by atoms with E-state index in [1.807, 2.05) is 0 Å². The Labute approximate surface area is 118 Å². The van der Waals surface area contributed by atoms with Gasteiger partial charge < -0.3 is 4.74 Å². The maximum absolute atomic E-state index is 12.7. The topological polar surface area (TPSA) is 57.0 Å². The molecule has 0 radical (unpaired) electrons. The van der Waals surface area contributed by atoms with Gasteiger partial charge in [-0.1, -0.05) is 6.07 Å². The summed E-state index contributed by atoms with van der Waals surface area (Å²) in [6.07, 6.45) is -3.18. The van der Waals surface area contributed by atoms with Crippen LogP contribution in [0.1, 0.15) is 23.0 Å². The van der Waals surface area contributed by atoms with E-state index in [9.17, 15) is 18.0 Å². The molecule has 0 aliphatic rings. The molecule has 0 aliphatic carbocycles. The molecule has 21 heavy (non-hydrogen) atoms. The molecule has 0 saturated carbocycles. The maximum Gasteiger partial charge on any atom is 0.433 e. The third-order valence-corrected chi connectivity index (χ3v) is 2.61. The second-order valence-corrected chi connectivity index (χ2v) is 4.19. The SMILES string of the molecule is CCOC(=O)c1cn(C)nc1-c1cccc(C(F)(F)F)n1. The summed E-state index contributed by atoms with van der Waals surface area (Å²) in [5.41, 5.74) is -0.942. The van der Waals surface area contributed by atoms with Gasteiger partial charge in [-0.2, -0.15) is 18.3 Å². The third kappa shape index (κ3) is 3.21. The van der Waals surface area contributed by atoms with E-state index >= 15 is 0 Å². The van der Waals surface area contributed by atoms with Crippen LogP contribution < -0.4 is 0 Å². The quantitative estimate of drug-likeness (QED) is 0.818. The van der Waals surface area contributed by atoms with Crippen molar-refractivity contribution in [2.24, 2.45) is 7.05 Å². The lowest BCUT2D eigenvalue weighted by Crippen LogP contribution is -2.09. The average molecular weight is 299 g/mol. The lowest BCUT2D eigenvalue weighted by atomic mass is 10.1. The fourth-order valence-corrected chi connectivity index (χ4v) is 1.76. The fourth-order valence-electron chi connectivity index (χ4n) is 1.76. The standard InChI is InChI=1S/C13H12F3N3O2/c1-3-21-12(20)8-7-19(2)18-11(8)9-5-4-6-10(17-9)13(14,15)16/h4-7H,3H2,1-2H3. The second kappa shape index (κ2) is 5.55. The minimum atomic E-state index is -4.56. The highest BCUT2D eigenvalue weighted by molar-refractivity contribution is 5.95. The Hall–Kier alpha value is -2.38. The van der Waals surface area contributed by atoms with Gasteiger partial charge in [0.1, 0.15) is 17.0 Å². The summed E-state index contributed by atoms with van der Waals surface area (Å²) >= 11 is 0. The number of carbonyl (C=O) groups is 1. The van der Waals surface area contributed by atoms with Crippen molar-refractivity contribution in [1.29, 1.82) is 0 Å². The lowest BCUT2D eigenvalue weighted by Gasteiger charge is -2.07. The van der Waals surface area contributed by atoms with E-state index in [0.29, 0.717) is 0 Å². The molecule has 0 spiro atoms. The van der Waals surface area contributed by atoms with Crippen molar-refractivity contribution in [3.8, 4) is 11.4 Å². The van der Waals surface area contributed by atoms with Gasteiger partial charge in [0.15, 0.2) is 0 Å². The highest BCUT2D eigenvalue weighted by Crippen LogP contribution is 2.30. The number of esters is 1. The molecular weight excluding hydrogens is 287 g/mol. The molecule has 2 heterocycles. The summed E-state index contributed by atoms with van der Waals surface area (Å²) in [7, 11) is 1.56. The van der Waals surface area contributed by atoms with Crippen molar-refractivity contribution < 1.29 is 22.7 Å². The Morgan fingerprint density at radius 3 is 2.71 bits per heavy atom. The average Bonchev–Trinajstić information content (AvgIpc) is 2.80. The number of hydrogen-bond donors (Lipinski definition) is 0. The Bertz CT molecular complexity index is 665. The Kier molecular flexibility index (Phi) is 3.97. The van der Waals surface area contributed by atoms with E-state index in [2.05, 4.69) is 10.1 Å². The molecule has 0 atom stereocenters. The predicted octanol–water partition coefficient (Wildman–Crippen LogP) is 2.68. The fraction of sp³-hybridized carbons (Fsp3) is 0.308. The van der Waals surface area contributed by atoms with E-state index in [1.54, 1.807) is 14.0 Å². The number of nitrogens with zero attached hydrogens (tertiary/aromatic N) is 3. The van der Waals surface area contributed by atoms with Gasteiger partial charge in [0, 0.05) is 13.2 Å². The molecule has 0 fully saturated rings. The van der Waals surface area contributed by atoms with Crippen molar-refractivity contribution in [3.63, 3.8) is 0 Å². The van der Waals surface area contributed by atoms with Gasteiger partial charge in [-0.3, -0.25) is 4.68 Å². The monoisotopic (exact) mass is 299 g/mol. The van der Waals surface area contributed by atoms with Crippen LogP contribution in [0.25, 0.3) is 11.4 Å². The van der Waals surface area contributed by atoms with E-state index in [-0.39, 0.29) is 23.6 Å². The first-order chi connectivity index (χ1) is 9.82. The molecule has 0 saturated heterocycles. The molecule has 112 valence electrons. The molecule has 0 aromatic carbocycles. The number of pyridine rings is 1. The minimum absolute atomic E-state index is 0.0338.